The zero-order chi connectivity index (χ0) is 37.7. The van der Waals surface area contributed by atoms with Crippen LogP contribution in [0.1, 0.15) is 0 Å². The monoisotopic (exact) mass is 727 g/mol. The van der Waals surface area contributed by atoms with Crippen LogP contribution in [0.2, 0.25) is 0 Å². The van der Waals surface area contributed by atoms with Crippen molar-refractivity contribution >= 4 is 60.7 Å². The van der Waals surface area contributed by atoms with Gasteiger partial charge >= 0.3 is 0 Å². The lowest BCUT2D eigenvalue weighted by Crippen LogP contribution is -2.09. The molecule has 57 heavy (non-hydrogen) atoms. The number of anilines is 3. The first-order valence-corrected chi connectivity index (χ1v) is 19.5. The lowest BCUT2D eigenvalue weighted by Gasteiger charge is -2.25. The minimum atomic E-state index is 1.11. The van der Waals surface area contributed by atoms with E-state index in [9.17, 15) is 0 Å². The second-order valence-electron chi connectivity index (χ2n) is 14.6. The summed E-state index contributed by atoms with van der Waals surface area (Å²) in [6.45, 7) is 0. The summed E-state index contributed by atoms with van der Waals surface area (Å²) in [4.78, 5) is 2.31. The molecule has 0 saturated carbocycles. The van der Waals surface area contributed by atoms with Crippen molar-refractivity contribution in [3.05, 3.63) is 224 Å². The molecule has 11 rings (SSSR count). The van der Waals surface area contributed by atoms with E-state index in [0.717, 1.165) is 28.4 Å². The average molecular weight is 728 g/mol. The van der Waals surface area contributed by atoms with Gasteiger partial charge in [-0.1, -0.05) is 146 Å². The predicted molar refractivity (Wildman–Crippen MR) is 241 cm³/mol. The van der Waals surface area contributed by atoms with Crippen molar-refractivity contribution in [2.75, 3.05) is 4.90 Å². The second kappa shape index (κ2) is 13.6. The van der Waals surface area contributed by atoms with Crippen molar-refractivity contribution in [1.82, 2.24) is 9.13 Å². The van der Waals surface area contributed by atoms with Gasteiger partial charge in [-0.15, -0.1) is 0 Å². The summed E-state index contributed by atoms with van der Waals surface area (Å²) >= 11 is 0. The minimum Gasteiger partial charge on any atom is -0.311 e. The van der Waals surface area contributed by atoms with E-state index >= 15 is 0 Å². The van der Waals surface area contributed by atoms with E-state index in [1.54, 1.807) is 0 Å². The topological polar surface area (TPSA) is 13.1 Å². The van der Waals surface area contributed by atoms with Gasteiger partial charge in [-0.3, -0.25) is 0 Å². The molecule has 0 saturated heterocycles. The fourth-order valence-electron chi connectivity index (χ4n) is 8.72. The molecular weight excluding hydrogens is 691 g/mol. The van der Waals surface area contributed by atoms with Crippen LogP contribution in [-0.2, 0) is 0 Å². The molecule has 0 amide bonds. The Morgan fingerprint density at radius 1 is 0.281 bits per heavy atom. The average Bonchev–Trinajstić information content (AvgIpc) is 3.81. The molecule has 0 aliphatic carbocycles. The standard InChI is InChI=1S/C54H37N3/c1-4-15-38(16-5-1)39-27-29-40(30-28-39)41-17-14-22-46(37-41)57-50-25-12-10-23-47(50)48-35-36-52-53(54(48)57)49-24-11-13-26-51(49)56(52)45-33-31-44(32-34-45)55(42-18-6-2-7-19-42)43-20-8-3-9-21-43/h1-37H. The third kappa shape index (κ3) is 5.51. The van der Waals surface area contributed by atoms with E-state index in [0.29, 0.717) is 0 Å². The molecule has 0 bridgehead atoms. The molecule has 0 fully saturated rings. The highest BCUT2D eigenvalue weighted by Gasteiger charge is 2.21. The second-order valence-corrected chi connectivity index (χ2v) is 14.6. The molecule has 11 aromatic rings. The zero-order valence-corrected chi connectivity index (χ0v) is 31.2. The van der Waals surface area contributed by atoms with E-state index in [2.05, 4.69) is 238 Å². The number of aromatic nitrogens is 2. The summed E-state index contributed by atoms with van der Waals surface area (Å²) in [5.41, 5.74) is 15.2. The number of fused-ring (bicyclic) bond motifs is 7. The van der Waals surface area contributed by atoms with Gasteiger partial charge in [-0.25, -0.2) is 0 Å². The lowest BCUT2D eigenvalue weighted by atomic mass is 10.00. The quantitative estimate of drug-likeness (QED) is 0.159. The van der Waals surface area contributed by atoms with Gasteiger partial charge in [-0.05, 0) is 101 Å². The summed E-state index contributed by atoms with van der Waals surface area (Å²) in [7, 11) is 0. The van der Waals surface area contributed by atoms with Gasteiger partial charge in [0.2, 0.25) is 0 Å². The van der Waals surface area contributed by atoms with Crippen LogP contribution in [-0.4, -0.2) is 9.13 Å². The molecule has 0 radical (unpaired) electrons. The van der Waals surface area contributed by atoms with Crippen LogP contribution in [0.5, 0.6) is 0 Å². The summed E-state index contributed by atoms with van der Waals surface area (Å²) in [6.07, 6.45) is 0. The van der Waals surface area contributed by atoms with Gasteiger partial charge in [0, 0.05) is 50.0 Å². The highest BCUT2D eigenvalue weighted by molar-refractivity contribution is 6.26. The molecule has 0 aliphatic rings. The Bertz CT molecular complexity index is 3160. The molecule has 0 aliphatic heterocycles. The first kappa shape index (κ1) is 32.8. The molecule has 9 aromatic carbocycles. The van der Waals surface area contributed by atoms with Crippen molar-refractivity contribution in [1.29, 1.82) is 0 Å². The van der Waals surface area contributed by atoms with Crippen LogP contribution in [0.4, 0.5) is 17.1 Å². The van der Waals surface area contributed by atoms with Crippen LogP contribution < -0.4 is 4.90 Å². The Morgan fingerprint density at radius 3 is 1.46 bits per heavy atom. The van der Waals surface area contributed by atoms with Gasteiger partial charge in [-0.2, -0.15) is 0 Å². The Kier molecular flexibility index (Phi) is 7.82. The van der Waals surface area contributed by atoms with Gasteiger partial charge in [0.05, 0.1) is 22.1 Å². The van der Waals surface area contributed by atoms with Crippen LogP contribution in [0, 0.1) is 0 Å². The Hall–Kier alpha value is -7.62. The van der Waals surface area contributed by atoms with E-state index in [4.69, 9.17) is 0 Å². The van der Waals surface area contributed by atoms with Crippen molar-refractivity contribution in [3.8, 4) is 33.6 Å². The van der Waals surface area contributed by atoms with E-state index in [1.165, 1.54) is 65.9 Å². The summed E-state index contributed by atoms with van der Waals surface area (Å²) < 4.78 is 4.91. The molecule has 0 atom stereocenters. The lowest BCUT2D eigenvalue weighted by molar-refractivity contribution is 1.17. The Labute approximate surface area is 331 Å². The third-order valence-corrected chi connectivity index (χ3v) is 11.3. The van der Waals surface area contributed by atoms with E-state index in [1.807, 2.05) is 0 Å². The normalized spacial score (nSPS) is 11.5. The number of hydrogen-bond acceptors (Lipinski definition) is 1. The highest BCUT2D eigenvalue weighted by atomic mass is 15.1. The van der Waals surface area contributed by atoms with Crippen molar-refractivity contribution < 1.29 is 0 Å². The summed E-state index contributed by atoms with van der Waals surface area (Å²) in [6, 6.07) is 80.9. The van der Waals surface area contributed by atoms with Crippen molar-refractivity contribution in [2.45, 2.75) is 0 Å². The number of rotatable bonds is 7. The largest absolute Gasteiger partial charge is 0.311 e. The summed E-state index contributed by atoms with van der Waals surface area (Å²) in [5.74, 6) is 0. The van der Waals surface area contributed by atoms with Gasteiger partial charge in [0.1, 0.15) is 0 Å². The maximum absolute atomic E-state index is 2.48. The Balaban J connectivity index is 1.09. The van der Waals surface area contributed by atoms with Gasteiger partial charge < -0.3 is 14.0 Å². The number of hydrogen-bond donors (Lipinski definition) is 0. The first-order chi connectivity index (χ1) is 28.3. The molecule has 2 heterocycles. The van der Waals surface area contributed by atoms with E-state index < -0.39 is 0 Å². The van der Waals surface area contributed by atoms with Crippen molar-refractivity contribution in [2.24, 2.45) is 0 Å². The molecule has 3 nitrogen and oxygen atoms in total. The SMILES string of the molecule is c1ccc(-c2ccc(-c3cccc(-n4c5ccccc5c5ccc6c(c7ccccc7n6-c6ccc(N(c7ccccc7)c7ccccc7)cc6)c54)c3)cc2)cc1. The molecule has 0 unspecified atom stereocenters. The first-order valence-electron chi connectivity index (χ1n) is 19.5. The minimum absolute atomic E-state index is 1.11. The van der Waals surface area contributed by atoms with Crippen LogP contribution in [0.3, 0.4) is 0 Å². The maximum atomic E-state index is 2.48. The van der Waals surface area contributed by atoms with Crippen molar-refractivity contribution in [3.63, 3.8) is 0 Å². The van der Waals surface area contributed by atoms with Crippen LogP contribution in [0.25, 0.3) is 77.2 Å². The number of para-hydroxylation sites is 4. The maximum Gasteiger partial charge on any atom is 0.0641 e. The van der Waals surface area contributed by atoms with E-state index in [-0.39, 0.29) is 0 Å². The number of nitrogens with zero attached hydrogens (tertiary/aromatic N) is 3. The van der Waals surface area contributed by atoms with Gasteiger partial charge in [0.15, 0.2) is 0 Å². The molecular formula is C54H37N3. The fourth-order valence-corrected chi connectivity index (χ4v) is 8.72. The summed E-state index contributed by atoms with van der Waals surface area (Å²) in [5, 5.41) is 4.97. The fraction of sp³-hybridized carbons (Fsp3) is 0. The molecule has 0 spiro atoms. The zero-order valence-electron chi connectivity index (χ0n) is 31.2. The molecule has 2 aromatic heterocycles. The van der Waals surface area contributed by atoms with Crippen LogP contribution >= 0.6 is 0 Å². The van der Waals surface area contributed by atoms with Gasteiger partial charge in [0.25, 0.3) is 0 Å². The molecule has 268 valence electrons. The predicted octanol–water partition coefficient (Wildman–Crippen LogP) is 14.7. The third-order valence-electron chi connectivity index (χ3n) is 11.3. The van der Waals surface area contributed by atoms with Crippen LogP contribution in [0.15, 0.2) is 224 Å². The smallest absolute Gasteiger partial charge is 0.0641 e. The molecule has 3 heteroatoms. The molecule has 0 N–H and O–H groups in total. The Morgan fingerprint density at radius 2 is 0.789 bits per heavy atom. The number of benzene rings is 9. The highest BCUT2D eigenvalue weighted by Crippen LogP contribution is 2.43.